The van der Waals surface area contributed by atoms with Gasteiger partial charge in [0, 0.05) is 10.8 Å². The number of amides is 1. The molecule has 4 nitrogen and oxygen atoms in total. The van der Waals surface area contributed by atoms with E-state index in [-0.39, 0.29) is 11.8 Å². The van der Waals surface area contributed by atoms with Crippen LogP contribution < -0.4 is 5.32 Å². The summed E-state index contributed by atoms with van der Waals surface area (Å²) in [6.45, 7) is 0. The van der Waals surface area contributed by atoms with Crippen LogP contribution in [0.15, 0.2) is 6.33 Å². The van der Waals surface area contributed by atoms with Gasteiger partial charge >= 0.3 is 0 Å². The fourth-order valence-corrected chi connectivity index (χ4v) is 5.00. The van der Waals surface area contributed by atoms with E-state index in [0.717, 1.165) is 41.7 Å². The van der Waals surface area contributed by atoms with Crippen molar-refractivity contribution in [1.29, 1.82) is 0 Å². The summed E-state index contributed by atoms with van der Waals surface area (Å²) in [4.78, 5) is 23.8. The molecule has 0 aromatic carbocycles. The lowest BCUT2D eigenvalue weighted by Gasteiger charge is -2.20. The Labute approximate surface area is 134 Å². The Morgan fingerprint density at radius 2 is 1.91 bits per heavy atom. The monoisotopic (exact) mass is 315 g/mol. The zero-order chi connectivity index (χ0) is 14.9. The van der Waals surface area contributed by atoms with Gasteiger partial charge in [0.25, 0.3) is 0 Å². The van der Waals surface area contributed by atoms with Crippen molar-refractivity contribution < 1.29 is 4.79 Å². The third-order valence-corrected chi connectivity index (χ3v) is 6.17. The Balaban J connectivity index is 1.66. The highest BCUT2D eigenvalue weighted by Gasteiger charge is 2.24. The summed E-state index contributed by atoms with van der Waals surface area (Å²) in [6, 6.07) is 0. The standard InChI is InChI=1S/C17H21N3OS/c21-16(11-6-2-1-3-7-11)20-15-14-12-8-4-5-9-13(12)22-17(14)19-10-18-15/h10-11H,1-9H2,(H,18,19,20,21). The summed E-state index contributed by atoms with van der Waals surface area (Å²) in [7, 11) is 0. The van der Waals surface area contributed by atoms with Crippen LogP contribution in [0.5, 0.6) is 0 Å². The first-order valence-corrected chi connectivity index (χ1v) is 9.20. The average molecular weight is 315 g/mol. The van der Waals surface area contributed by atoms with Gasteiger partial charge in [-0.2, -0.15) is 0 Å². The van der Waals surface area contributed by atoms with Crippen LogP contribution in [-0.2, 0) is 17.6 Å². The van der Waals surface area contributed by atoms with Gasteiger partial charge in [-0.3, -0.25) is 4.79 Å². The van der Waals surface area contributed by atoms with E-state index in [0.29, 0.717) is 0 Å². The number of nitrogens with one attached hydrogen (secondary N) is 1. The zero-order valence-electron chi connectivity index (χ0n) is 12.7. The van der Waals surface area contributed by atoms with E-state index >= 15 is 0 Å². The quantitative estimate of drug-likeness (QED) is 0.908. The summed E-state index contributed by atoms with van der Waals surface area (Å²) >= 11 is 1.77. The lowest BCUT2D eigenvalue weighted by molar-refractivity contribution is -0.120. The molecule has 2 aliphatic rings. The fourth-order valence-electron chi connectivity index (χ4n) is 3.77. The molecule has 0 radical (unpaired) electrons. The number of thiophene rings is 1. The second kappa shape index (κ2) is 5.95. The van der Waals surface area contributed by atoms with Gasteiger partial charge in [-0.15, -0.1) is 11.3 Å². The van der Waals surface area contributed by atoms with Crippen LogP contribution in [0.2, 0.25) is 0 Å². The van der Waals surface area contributed by atoms with Gasteiger partial charge in [0.1, 0.15) is 17.0 Å². The van der Waals surface area contributed by atoms with Crippen molar-refractivity contribution in [2.75, 3.05) is 5.32 Å². The molecule has 1 N–H and O–H groups in total. The van der Waals surface area contributed by atoms with Gasteiger partial charge in [-0.05, 0) is 44.1 Å². The molecule has 0 bridgehead atoms. The first-order chi connectivity index (χ1) is 10.8. The molecule has 1 amide bonds. The predicted molar refractivity (Wildman–Crippen MR) is 89.3 cm³/mol. The Hall–Kier alpha value is -1.49. The number of fused-ring (bicyclic) bond motifs is 3. The minimum Gasteiger partial charge on any atom is -0.310 e. The van der Waals surface area contributed by atoms with E-state index < -0.39 is 0 Å². The maximum atomic E-state index is 12.5. The molecular formula is C17H21N3OS. The molecule has 0 saturated heterocycles. The third-order valence-electron chi connectivity index (χ3n) is 4.97. The van der Waals surface area contributed by atoms with Crippen LogP contribution >= 0.6 is 11.3 Å². The summed E-state index contributed by atoms with van der Waals surface area (Å²) in [6.07, 6.45) is 11.9. The van der Waals surface area contributed by atoms with Crippen LogP contribution in [0.25, 0.3) is 10.2 Å². The van der Waals surface area contributed by atoms with E-state index in [9.17, 15) is 4.79 Å². The second-order valence-electron chi connectivity index (χ2n) is 6.44. The van der Waals surface area contributed by atoms with E-state index in [1.807, 2.05) is 0 Å². The van der Waals surface area contributed by atoms with Crippen molar-refractivity contribution in [3.63, 3.8) is 0 Å². The molecule has 0 aliphatic heterocycles. The first kappa shape index (κ1) is 14.1. The predicted octanol–water partition coefficient (Wildman–Crippen LogP) is 4.09. The molecule has 22 heavy (non-hydrogen) atoms. The molecule has 1 fully saturated rings. The summed E-state index contributed by atoms with van der Waals surface area (Å²) in [5.41, 5.74) is 1.38. The summed E-state index contributed by atoms with van der Waals surface area (Å²) in [5.74, 6) is 1.05. The molecule has 2 aliphatic carbocycles. The number of anilines is 1. The van der Waals surface area contributed by atoms with Crippen molar-refractivity contribution in [3.8, 4) is 0 Å². The molecule has 4 rings (SSSR count). The van der Waals surface area contributed by atoms with Crippen molar-refractivity contribution in [2.45, 2.75) is 57.8 Å². The normalized spacial score (nSPS) is 19.1. The topological polar surface area (TPSA) is 54.9 Å². The fraction of sp³-hybridized carbons (Fsp3) is 0.588. The number of carbonyl (C=O) groups excluding carboxylic acids is 1. The van der Waals surface area contributed by atoms with Crippen molar-refractivity contribution in [2.24, 2.45) is 5.92 Å². The zero-order valence-corrected chi connectivity index (χ0v) is 13.5. The lowest BCUT2D eigenvalue weighted by Crippen LogP contribution is -2.25. The number of nitrogens with zero attached hydrogens (tertiary/aromatic N) is 2. The molecule has 5 heteroatoms. The Morgan fingerprint density at radius 1 is 1.09 bits per heavy atom. The largest absolute Gasteiger partial charge is 0.310 e. The van der Waals surface area contributed by atoms with Gasteiger partial charge in [0.15, 0.2) is 0 Å². The third kappa shape index (κ3) is 2.51. The molecule has 0 atom stereocenters. The maximum Gasteiger partial charge on any atom is 0.228 e. The number of aryl methyl sites for hydroxylation is 2. The highest BCUT2D eigenvalue weighted by Crippen LogP contribution is 2.38. The Morgan fingerprint density at radius 3 is 2.77 bits per heavy atom. The average Bonchev–Trinajstić information content (AvgIpc) is 2.95. The number of aromatic nitrogens is 2. The molecule has 1 saturated carbocycles. The van der Waals surface area contributed by atoms with Crippen molar-refractivity contribution in [1.82, 2.24) is 9.97 Å². The van der Waals surface area contributed by atoms with Crippen LogP contribution in [0.3, 0.4) is 0 Å². The Kier molecular flexibility index (Phi) is 3.82. The van der Waals surface area contributed by atoms with E-state index in [4.69, 9.17) is 0 Å². The van der Waals surface area contributed by atoms with Gasteiger partial charge in [0.05, 0.1) is 5.39 Å². The molecule has 2 aromatic heterocycles. The number of hydrogen-bond donors (Lipinski definition) is 1. The second-order valence-corrected chi connectivity index (χ2v) is 7.52. The molecular weight excluding hydrogens is 294 g/mol. The van der Waals surface area contributed by atoms with Gasteiger partial charge < -0.3 is 5.32 Å². The Bertz CT molecular complexity index is 703. The highest BCUT2D eigenvalue weighted by atomic mass is 32.1. The first-order valence-electron chi connectivity index (χ1n) is 8.39. The van der Waals surface area contributed by atoms with E-state index in [2.05, 4.69) is 15.3 Å². The summed E-state index contributed by atoms with van der Waals surface area (Å²) in [5, 5.41) is 4.21. The molecule has 2 aromatic rings. The molecule has 2 heterocycles. The molecule has 0 spiro atoms. The number of hydrogen-bond acceptors (Lipinski definition) is 4. The number of carbonyl (C=O) groups is 1. The van der Waals surface area contributed by atoms with Crippen molar-refractivity contribution >= 4 is 33.3 Å². The van der Waals surface area contributed by atoms with E-state index in [1.165, 1.54) is 42.5 Å². The lowest BCUT2D eigenvalue weighted by atomic mass is 9.88. The highest BCUT2D eigenvalue weighted by molar-refractivity contribution is 7.19. The van der Waals surface area contributed by atoms with Crippen molar-refractivity contribution in [3.05, 3.63) is 16.8 Å². The van der Waals surface area contributed by atoms with Gasteiger partial charge in [-0.1, -0.05) is 19.3 Å². The minimum absolute atomic E-state index is 0.149. The molecule has 116 valence electrons. The van der Waals surface area contributed by atoms with Crippen LogP contribution in [-0.4, -0.2) is 15.9 Å². The SMILES string of the molecule is O=C(Nc1ncnc2sc3c(c12)CCCC3)C1CCCCC1. The molecule has 0 unspecified atom stereocenters. The smallest absolute Gasteiger partial charge is 0.228 e. The maximum absolute atomic E-state index is 12.5. The van der Waals surface area contributed by atoms with Gasteiger partial charge in [0.2, 0.25) is 5.91 Å². The summed E-state index contributed by atoms with van der Waals surface area (Å²) < 4.78 is 0. The van der Waals surface area contributed by atoms with Gasteiger partial charge in [-0.25, -0.2) is 9.97 Å². The minimum atomic E-state index is 0.149. The number of rotatable bonds is 2. The van der Waals surface area contributed by atoms with Crippen LogP contribution in [0.1, 0.15) is 55.4 Å². The van der Waals surface area contributed by atoms with E-state index in [1.54, 1.807) is 17.7 Å². The van der Waals surface area contributed by atoms with Crippen LogP contribution in [0.4, 0.5) is 5.82 Å². The van der Waals surface area contributed by atoms with Crippen LogP contribution in [0, 0.1) is 5.92 Å².